The van der Waals surface area contributed by atoms with Gasteiger partial charge in [-0.2, -0.15) is 0 Å². The summed E-state index contributed by atoms with van der Waals surface area (Å²) in [6.45, 7) is 6.01. The van der Waals surface area contributed by atoms with Gasteiger partial charge in [0, 0.05) is 18.3 Å². The van der Waals surface area contributed by atoms with Crippen LogP contribution in [-0.4, -0.2) is 16.1 Å². The molecule has 0 radical (unpaired) electrons. The predicted molar refractivity (Wildman–Crippen MR) is 78.1 cm³/mol. The Kier molecular flexibility index (Phi) is 3.66. The minimum Gasteiger partial charge on any atom is -0.330 e. The first-order chi connectivity index (χ1) is 9.18. The average molecular weight is 261 g/mol. The zero-order valence-electron chi connectivity index (χ0n) is 12.4. The summed E-state index contributed by atoms with van der Waals surface area (Å²) in [4.78, 5) is 4.46. The Morgan fingerprint density at radius 1 is 1.21 bits per heavy atom. The number of imidazole rings is 1. The molecule has 2 aliphatic rings. The summed E-state index contributed by atoms with van der Waals surface area (Å²) in [6.07, 6.45) is 13.5. The molecule has 3 nitrogen and oxygen atoms in total. The van der Waals surface area contributed by atoms with Crippen molar-refractivity contribution in [3.05, 3.63) is 18.2 Å². The molecule has 0 spiro atoms. The summed E-state index contributed by atoms with van der Waals surface area (Å²) in [7, 11) is 0. The smallest absolute Gasteiger partial charge is 0.0951 e. The van der Waals surface area contributed by atoms with Crippen LogP contribution in [0.4, 0.5) is 0 Å². The molecule has 1 aliphatic carbocycles. The van der Waals surface area contributed by atoms with Gasteiger partial charge < -0.3 is 9.88 Å². The molecule has 1 aromatic heterocycles. The van der Waals surface area contributed by atoms with Gasteiger partial charge in [0.1, 0.15) is 0 Å². The van der Waals surface area contributed by atoms with Crippen molar-refractivity contribution in [2.45, 2.75) is 70.9 Å². The molecule has 0 bridgehead atoms. The SMILES string of the molecule is CC1(C)CCCCC1n1cncc1C1CCCCN1. The molecule has 2 atom stereocenters. The second-order valence-corrected chi connectivity index (χ2v) is 6.98. The Balaban J connectivity index is 1.86. The molecule has 1 aliphatic heterocycles. The van der Waals surface area contributed by atoms with Crippen LogP contribution in [-0.2, 0) is 0 Å². The lowest BCUT2D eigenvalue weighted by Crippen LogP contribution is -2.34. The second kappa shape index (κ2) is 5.28. The average Bonchev–Trinajstić information content (AvgIpc) is 2.88. The minimum absolute atomic E-state index is 0.405. The van der Waals surface area contributed by atoms with Gasteiger partial charge in [-0.25, -0.2) is 4.98 Å². The van der Waals surface area contributed by atoms with E-state index in [9.17, 15) is 0 Å². The Labute approximate surface area is 116 Å². The number of hydrogen-bond acceptors (Lipinski definition) is 2. The van der Waals surface area contributed by atoms with Crippen molar-refractivity contribution >= 4 is 0 Å². The highest BCUT2D eigenvalue weighted by Crippen LogP contribution is 2.44. The third-order valence-electron chi connectivity index (χ3n) is 5.15. The Morgan fingerprint density at radius 3 is 2.79 bits per heavy atom. The zero-order chi connectivity index (χ0) is 13.3. The van der Waals surface area contributed by atoms with Crippen LogP contribution in [0.15, 0.2) is 12.5 Å². The summed E-state index contributed by atoms with van der Waals surface area (Å²) in [6, 6.07) is 1.15. The van der Waals surface area contributed by atoms with Gasteiger partial charge in [-0.15, -0.1) is 0 Å². The molecule has 0 amide bonds. The predicted octanol–water partition coefficient (Wildman–Crippen LogP) is 3.84. The number of nitrogens with one attached hydrogen (secondary N) is 1. The van der Waals surface area contributed by atoms with Gasteiger partial charge in [-0.1, -0.05) is 33.1 Å². The Bertz CT molecular complexity index is 415. The van der Waals surface area contributed by atoms with Crippen molar-refractivity contribution in [1.29, 1.82) is 0 Å². The summed E-state index contributed by atoms with van der Waals surface area (Å²) in [5.41, 5.74) is 1.82. The van der Waals surface area contributed by atoms with Crippen molar-refractivity contribution in [1.82, 2.24) is 14.9 Å². The van der Waals surface area contributed by atoms with Crippen LogP contribution < -0.4 is 5.32 Å². The molecule has 106 valence electrons. The third kappa shape index (κ3) is 2.58. The number of rotatable bonds is 2. The lowest BCUT2D eigenvalue weighted by Gasteiger charge is -2.41. The highest BCUT2D eigenvalue weighted by Gasteiger charge is 2.35. The fraction of sp³-hybridized carbons (Fsp3) is 0.812. The van der Waals surface area contributed by atoms with Gasteiger partial charge in [0.05, 0.1) is 12.0 Å². The standard InChI is InChI=1S/C16H27N3/c1-16(2)9-5-3-8-15(16)19-12-17-11-14(19)13-7-4-6-10-18-13/h11-13,15,18H,3-10H2,1-2H3. The van der Waals surface area contributed by atoms with Gasteiger partial charge in [-0.05, 0) is 37.6 Å². The van der Waals surface area contributed by atoms with E-state index in [2.05, 4.69) is 41.2 Å². The maximum atomic E-state index is 4.46. The van der Waals surface area contributed by atoms with Crippen molar-refractivity contribution < 1.29 is 0 Å². The first-order valence-corrected chi connectivity index (χ1v) is 7.93. The van der Waals surface area contributed by atoms with Crippen molar-refractivity contribution in [2.75, 3.05) is 6.54 Å². The molecule has 2 heterocycles. The van der Waals surface area contributed by atoms with Crippen LogP contribution >= 0.6 is 0 Å². The van der Waals surface area contributed by atoms with E-state index >= 15 is 0 Å². The normalized spacial score (nSPS) is 31.3. The van der Waals surface area contributed by atoms with Crippen LogP contribution in [0.3, 0.4) is 0 Å². The maximum absolute atomic E-state index is 4.46. The zero-order valence-corrected chi connectivity index (χ0v) is 12.4. The number of nitrogens with zero attached hydrogens (tertiary/aromatic N) is 2. The Hall–Kier alpha value is -0.830. The molecular weight excluding hydrogens is 234 g/mol. The van der Waals surface area contributed by atoms with E-state index in [0.717, 1.165) is 6.54 Å². The lowest BCUT2D eigenvalue weighted by atomic mass is 9.73. The summed E-state index contributed by atoms with van der Waals surface area (Å²) >= 11 is 0. The van der Waals surface area contributed by atoms with Crippen LogP contribution in [0.25, 0.3) is 0 Å². The van der Waals surface area contributed by atoms with Crippen LogP contribution in [0.5, 0.6) is 0 Å². The van der Waals surface area contributed by atoms with Crippen molar-refractivity contribution in [3.63, 3.8) is 0 Å². The van der Waals surface area contributed by atoms with E-state index < -0.39 is 0 Å². The monoisotopic (exact) mass is 261 g/mol. The van der Waals surface area contributed by atoms with Gasteiger partial charge in [-0.3, -0.25) is 0 Å². The van der Waals surface area contributed by atoms with E-state index in [1.807, 2.05) is 0 Å². The van der Waals surface area contributed by atoms with Gasteiger partial charge in [0.2, 0.25) is 0 Å². The van der Waals surface area contributed by atoms with Crippen LogP contribution in [0.2, 0.25) is 0 Å². The molecule has 19 heavy (non-hydrogen) atoms. The third-order valence-corrected chi connectivity index (χ3v) is 5.15. The first kappa shape index (κ1) is 13.2. The van der Waals surface area contributed by atoms with E-state index in [1.54, 1.807) is 0 Å². The first-order valence-electron chi connectivity index (χ1n) is 7.93. The van der Waals surface area contributed by atoms with Gasteiger partial charge >= 0.3 is 0 Å². The topological polar surface area (TPSA) is 29.9 Å². The molecule has 3 heteroatoms. The summed E-state index contributed by atoms with van der Waals surface area (Å²) < 4.78 is 2.49. The highest BCUT2D eigenvalue weighted by atomic mass is 15.1. The van der Waals surface area contributed by atoms with E-state index in [4.69, 9.17) is 0 Å². The molecule has 2 fully saturated rings. The highest BCUT2D eigenvalue weighted by molar-refractivity contribution is 5.09. The van der Waals surface area contributed by atoms with Crippen LogP contribution in [0, 0.1) is 5.41 Å². The molecule has 1 saturated carbocycles. The minimum atomic E-state index is 0.405. The molecule has 0 aromatic carbocycles. The number of aromatic nitrogens is 2. The number of hydrogen-bond donors (Lipinski definition) is 1. The fourth-order valence-electron chi connectivity index (χ4n) is 3.94. The molecule has 2 unspecified atom stereocenters. The second-order valence-electron chi connectivity index (χ2n) is 6.98. The van der Waals surface area contributed by atoms with E-state index in [0.29, 0.717) is 17.5 Å². The van der Waals surface area contributed by atoms with Gasteiger partial charge in [0.25, 0.3) is 0 Å². The van der Waals surface area contributed by atoms with Gasteiger partial charge in [0.15, 0.2) is 0 Å². The molecule has 1 aromatic rings. The Morgan fingerprint density at radius 2 is 2.05 bits per heavy atom. The maximum Gasteiger partial charge on any atom is 0.0951 e. The molecule has 3 rings (SSSR count). The number of piperidine rings is 1. The molecule has 1 N–H and O–H groups in total. The largest absolute Gasteiger partial charge is 0.330 e. The summed E-state index contributed by atoms with van der Waals surface area (Å²) in [5.74, 6) is 0. The van der Waals surface area contributed by atoms with Crippen LogP contribution in [0.1, 0.15) is 76.6 Å². The van der Waals surface area contributed by atoms with E-state index in [-0.39, 0.29) is 0 Å². The van der Waals surface area contributed by atoms with E-state index in [1.165, 1.54) is 50.6 Å². The summed E-state index contributed by atoms with van der Waals surface area (Å²) in [5, 5.41) is 3.67. The quantitative estimate of drug-likeness (QED) is 0.876. The molecule has 1 saturated heterocycles. The molecular formula is C16H27N3. The lowest BCUT2D eigenvalue weighted by molar-refractivity contribution is 0.139. The van der Waals surface area contributed by atoms with Crippen molar-refractivity contribution in [2.24, 2.45) is 5.41 Å². The fourth-order valence-corrected chi connectivity index (χ4v) is 3.94. The van der Waals surface area contributed by atoms with Crippen molar-refractivity contribution in [3.8, 4) is 0 Å².